The van der Waals surface area contributed by atoms with E-state index in [1.165, 1.54) is 11.1 Å². The molecule has 0 radical (unpaired) electrons. The molecule has 2 heterocycles. The predicted molar refractivity (Wildman–Crippen MR) is 141 cm³/mol. The lowest BCUT2D eigenvalue weighted by molar-refractivity contribution is -0.141. The third-order valence-corrected chi connectivity index (χ3v) is 6.70. The average molecular weight is 516 g/mol. The number of rotatable bonds is 6. The molecule has 1 atom stereocenters. The minimum Gasteiger partial charge on any atom is -0.481 e. The zero-order chi connectivity index (χ0) is 26.1. The molecule has 1 aromatic heterocycles. The standard InChI is InChI=1S/C29H23ClFN3O3/c1-17-28(29(18-7-3-2-4-8-18)21-15-19(30)11-12-23(21)32-17)24-16-25(20-9-5-6-10-22(20)31)34(33-24)26(35)13-14-27(36)37/h2-12,15,25H,13-14,16H2,1H3,(H,36,37). The van der Waals surface area contributed by atoms with E-state index in [0.717, 1.165) is 27.6 Å². The van der Waals surface area contributed by atoms with Crippen molar-refractivity contribution in [1.82, 2.24) is 9.99 Å². The maximum absolute atomic E-state index is 14.9. The van der Waals surface area contributed by atoms with E-state index >= 15 is 0 Å². The van der Waals surface area contributed by atoms with Gasteiger partial charge in [0, 0.05) is 45.6 Å². The Bertz CT molecular complexity index is 1560. The molecule has 4 aromatic rings. The third kappa shape index (κ3) is 4.82. The molecule has 37 heavy (non-hydrogen) atoms. The summed E-state index contributed by atoms with van der Waals surface area (Å²) in [4.78, 5) is 29.0. The lowest BCUT2D eigenvalue weighted by Crippen LogP contribution is -2.28. The number of carboxylic acid groups (broad SMARTS) is 1. The van der Waals surface area contributed by atoms with E-state index < -0.39 is 23.7 Å². The number of amides is 1. The highest BCUT2D eigenvalue weighted by molar-refractivity contribution is 6.31. The Labute approximate surface area is 218 Å². The molecule has 0 fully saturated rings. The summed E-state index contributed by atoms with van der Waals surface area (Å²) in [7, 11) is 0. The maximum atomic E-state index is 14.9. The number of aryl methyl sites for hydroxylation is 1. The molecule has 8 heteroatoms. The van der Waals surface area contributed by atoms with Gasteiger partial charge in [-0.15, -0.1) is 0 Å². The second-order valence-corrected chi connectivity index (χ2v) is 9.33. The molecular weight excluding hydrogens is 493 g/mol. The van der Waals surface area contributed by atoms with Gasteiger partial charge in [-0.25, -0.2) is 9.40 Å². The van der Waals surface area contributed by atoms with Crippen molar-refractivity contribution in [3.05, 3.63) is 100 Å². The van der Waals surface area contributed by atoms with Gasteiger partial charge in [-0.3, -0.25) is 14.6 Å². The summed E-state index contributed by atoms with van der Waals surface area (Å²) in [5.74, 6) is -2.03. The van der Waals surface area contributed by atoms with Crippen LogP contribution in [0.4, 0.5) is 4.39 Å². The summed E-state index contributed by atoms with van der Waals surface area (Å²) < 4.78 is 14.9. The first-order valence-electron chi connectivity index (χ1n) is 11.8. The molecule has 186 valence electrons. The zero-order valence-corrected chi connectivity index (χ0v) is 20.7. The van der Waals surface area contributed by atoms with Gasteiger partial charge in [-0.2, -0.15) is 5.10 Å². The number of hydrazone groups is 1. The van der Waals surface area contributed by atoms with Crippen LogP contribution in [0, 0.1) is 12.7 Å². The number of aromatic nitrogens is 1. The van der Waals surface area contributed by atoms with Crippen molar-refractivity contribution in [1.29, 1.82) is 0 Å². The van der Waals surface area contributed by atoms with Crippen LogP contribution in [0.3, 0.4) is 0 Å². The lowest BCUT2D eigenvalue weighted by Gasteiger charge is -2.22. The van der Waals surface area contributed by atoms with Crippen molar-refractivity contribution in [3.63, 3.8) is 0 Å². The summed E-state index contributed by atoms with van der Waals surface area (Å²) >= 11 is 6.38. The molecule has 1 unspecified atom stereocenters. The molecule has 3 aromatic carbocycles. The number of fused-ring (bicyclic) bond motifs is 1. The van der Waals surface area contributed by atoms with E-state index in [2.05, 4.69) is 5.10 Å². The molecule has 0 saturated carbocycles. The quantitative estimate of drug-likeness (QED) is 0.316. The van der Waals surface area contributed by atoms with Crippen molar-refractivity contribution < 1.29 is 19.1 Å². The topological polar surface area (TPSA) is 82.9 Å². The summed E-state index contributed by atoms with van der Waals surface area (Å²) in [6.45, 7) is 1.88. The van der Waals surface area contributed by atoms with Gasteiger partial charge in [0.05, 0.1) is 23.7 Å². The molecule has 0 spiro atoms. The number of benzene rings is 3. The lowest BCUT2D eigenvalue weighted by atomic mass is 9.89. The van der Waals surface area contributed by atoms with Crippen molar-refractivity contribution >= 4 is 40.1 Å². The molecule has 1 aliphatic heterocycles. The first kappa shape index (κ1) is 24.6. The number of carbonyl (C=O) groups excluding carboxylic acids is 1. The summed E-state index contributed by atoms with van der Waals surface area (Å²) in [5, 5.41) is 16.4. The molecule has 1 aliphatic rings. The summed E-state index contributed by atoms with van der Waals surface area (Å²) in [6, 6.07) is 20.8. The van der Waals surface area contributed by atoms with Gasteiger partial charge in [-0.1, -0.05) is 60.1 Å². The van der Waals surface area contributed by atoms with Gasteiger partial charge in [0.25, 0.3) is 0 Å². The monoisotopic (exact) mass is 515 g/mol. The maximum Gasteiger partial charge on any atom is 0.303 e. The molecule has 6 nitrogen and oxygen atoms in total. The number of pyridine rings is 1. The fourth-order valence-electron chi connectivity index (χ4n) is 4.82. The number of hydrogen-bond acceptors (Lipinski definition) is 4. The first-order chi connectivity index (χ1) is 17.8. The van der Waals surface area contributed by atoms with Crippen molar-refractivity contribution in [3.8, 4) is 11.1 Å². The number of halogens is 2. The third-order valence-electron chi connectivity index (χ3n) is 6.46. The highest BCUT2D eigenvalue weighted by atomic mass is 35.5. The Morgan fingerprint density at radius 2 is 1.76 bits per heavy atom. The zero-order valence-electron chi connectivity index (χ0n) is 20.0. The van der Waals surface area contributed by atoms with Crippen molar-refractivity contribution in [2.24, 2.45) is 5.10 Å². The Morgan fingerprint density at radius 3 is 2.49 bits per heavy atom. The van der Waals surface area contributed by atoms with Crippen LogP contribution in [0.1, 0.15) is 42.1 Å². The van der Waals surface area contributed by atoms with Crippen LogP contribution >= 0.6 is 11.6 Å². The Morgan fingerprint density at radius 1 is 1.03 bits per heavy atom. The molecule has 0 aliphatic carbocycles. The number of aliphatic carboxylic acids is 1. The number of carboxylic acids is 1. The molecule has 1 amide bonds. The highest BCUT2D eigenvalue weighted by Gasteiger charge is 2.36. The minimum atomic E-state index is -1.09. The highest BCUT2D eigenvalue weighted by Crippen LogP contribution is 2.40. The fourth-order valence-corrected chi connectivity index (χ4v) is 5.00. The van der Waals surface area contributed by atoms with E-state index in [9.17, 15) is 14.0 Å². The number of hydrogen-bond donors (Lipinski definition) is 1. The Balaban J connectivity index is 1.70. The number of nitrogens with zero attached hydrogens (tertiary/aromatic N) is 3. The van der Waals surface area contributed by atoms with Gasteiger partial charge >= 0.3 is 5.97 Å². The first-order valence-corrected chi connectivity index (χ1v) is 12.2. The minimum absolute atomic E-state index is 0.243. The van der Waals surface area contributed by atoms with Gasteiger partial charge in [0.15, 0.2) is 0 Å². The van der Waals surface area contributed by atoms with Crippen LogP contribution in [0.25, 0.3) is 22.0 Å². The van der Waals surface area contributed by atoms with Crippen LogP contribution in [0.2, 0.25) is 5.02 Å². The second-order valence-electron chi connectivity index (χ2n) is 8.89. The molecule has 1 N–H and O–H groups in total. The molecule has 5 rings (SSSR count). The normalized spacial score (nSPS) is 15.2. The largest absolute Gasteiger partial charge is 0.481 e. The van der Waals surface area contributed by atoms with E-state index in [1.54, 1.807) is 24.3 Å². The van der Waals surface area contributed by atoms with E-state index in [1.807, 2.05) is 49.4 Å². The van der Waals surface area contributed by atoms with E-state index in [4.69, 9.17) is 21.7 Å². The van der Waals surface area contributed by atoms with Crippen molar-refractivity contribution in [2.45, 2.75) is 32.2 Å². The summed E-state index contributed by atoms with van der Waals surface area (Å²) in [6.07, 6.45) is -0.337. The molecule has 0 saturated heterocycles. The Hall–Kier alpha value is -4.10. The Kier molecular flexibility index (Phi) is 6.72. The van der Waals surface area contributed by atoms with Crippen LogP contribution in [0.5, 0.6) is 0 Å². The van der Waals surface area contributed by atoms with Crippen molar-refractivity contribution in [2.75, 3.05) is 0 Å². The van der Waals surface area contributed by atoms with Crippen LogP contribution in [-0.4, -0.2) is 32.7 Å². The van der Waals surface area contributed by atoms with Gasteiger partial charge in [0.1, 0.15) is 5.82 Å². The second kappa shape index (κ2) is 10.1. The van der Waals surface area contributed by atoms with Gasteiger partial charge in [-0.05, 0) is 36.8 Å². The number of carbonyl (C=O) groups is 2. The van der Waals surface area contributed by atoms with Gasteiger partial charge < -0.3 is 5.11 Å². The fraction of sp³-hybridized carbons (Fsp3) is 0.172. The molecular formula is C29H23ClFN3O3. The van der Waals surface area contributed by atoms with Crippen LogP contribution < -0.4 is 0 Å². The average Bonchev–Trinajstić information content (AvgIpc) is 3.32. The van der Waals surface area contributed by atoms with E-state index in [-0.39, 0.29) is 19.3 Å². The predicted octanol–water partition coefficient (Wildman–Crippen LogP) is 6.55. The summed E-state index contributed by atoms with van der Waals surface area (Å²) in [5.41, 5.74) is 4.91. The smallest absolute Gasteiger partial charge is 0.303 e. The van der Waals surface area contributed by atoms with Gasteiger partial charge in [0.2, 0.25) is 5.91 Å². The van der Waals surface area contributed by atoms with Crippen LogP contribution in [-0.2, 0) is 9.59 Å². The van der Waals surface area contributed by atoms with E-state index in [0.29, 0.717) is 22.0 Å². The molecule has 0 bridgehead atoms. The SMILES string of the molecule is Cc1nc2ccc(Cl)cc2c(-c2ccccc2)c1C1=NN(C(=O)CCC(=O)O)C(c2ccccc2F)C1. The van der Waals surface area contributed by atoms with Crippen LogP contribution in [0.15, 0.2) is 77.9 Å².